The number of hydrogen-bond acceptors (Lipinski definition) is 1. The highest BCUT2D eigenvalue weighted by molar-refractivity contribution is 9.10. The van der Waals surface area contributed by atoms with Gasteiger partial charge in [0.25, 0.3) is 5.91 Å². The highest BCUT2D eigenvalue weighted by Gasteiger charge is 2.13. The van der Waals surface area contributed by atoms with Crippen LogP contribution in [0.2, 0.25) is 5.02 Å². The van der Waals surface area contributed by atoms with E-state index in [2.05, 4.69) is 21.2 Å². The molecule has 0 aliphatic rings. The molecule has 1 aromatic heterocycles. The molecule has 0 unspecified atom stereocenters. The number of carbonyl (C=O) groups is 1. The summed E-state index contributed by atoms with van der Waals surface area (Å²) in [6, 6.07) is 5.56. The van der Waals surface area contributed by atoms with Crippen LogP contribution in [0.4, 0.5) is 5.69 Å². The summed E-state index contributed by atoms with van der Waals surface area (Å²) in [6.07, 6.45) is 1.76. The lowest BCUT2D eigenvalue weighted by Crippen LogP contribution is -2.16. The molecule has 2 aromatic rings. The van der Waals surface area contributed by atoms with Crippen molar-refractivity contribution in [3.63, 3.8) is 0 Å². The largest absolute Gasteiger partial charge is 0.342 e. The number of aromatic nitrogens is 1. The van der Waals surface area contributed by atoms with Crippen LogP contribution in [-0.4, -0.2) is 10.5 Å². The van der Waals surface area contributed by atoms with Crippen molar-refractivity contribution in [2.75, 3.05) is 5.32 Å². The number of carbonyl (C=O) groups excluding carboxylic acids is 1. The van der Waals surface area contributed by atoms with Gasteiger partial charge in [-0.25, -0.2) is 0 Å². The molecule has 1 amide bonds. The van der Waals surface area contributed by atoms with Crippen LogP contribution in [0.3, 0.4) is 0 Å². The fourth-order valence-corrected chi connectivity index (χ4v) is 2.59. The van der Waals surface area contributed by atoms with Crippen LogP contribution in [-0.2, 0) is 6.54 Å². The molecule has 0 atom stereocenters. The SMILES string of the molecule is CCn1cc(Cl)cc1C(=O)Nc1cc(C)c(Br)c(C)c1. The molecule has 0 aliphatic heterocycles. The fraction of sp³-hybridized carbons (Fsp3) is 0.267. The minimum Gasteiger partial charge on any atom is -0.342 e. The Morgan fingerprint density at radius 3 is 2.45 bits per heavy atom. The van der Waals surface area contributed by atoms with Gasteiger partial charge in [0, 0.05) is 22.9 Å². The standard InChI is InChI=1S/C15H16BrClN2O/c1-4-19-8-11(17)7-13(19)15(20)18-12-5-9(2)14(16)10(3)6-12/h5-8H,4H2,1-3H3,(H,18,20). The summed E-state index contributed by atoms with van der Waals surface area (Å²) < 4.78 is 2.89. The Morgan fingerprint density at radius 1 is 1.30 bits per heavy atom. The van der Waals surface area contributed by atoms with Crippen molar-refractivity contribution in [1.29, 1.82) is 0 Å². The molecule has 0 saturated carbocycles. The molecule has 5 heteroatoms. The van der Waals surface area contributed by atoms with Crippen molar-refractivity contribution in [2.24, 2.45) is 0 Å². The molecule has 20 heavy (non-hydrogen) atoms. The van der Waals surface area contributed by atoms with E-state index in [9.17, 15) is 4.79 Å². The minimum atomic E-state index is -0.153. The third-order valence-corrected chi connectivity index (χ3v) is 4.59. The first kappa shape index (κ1) is 15.1. The van der Waals surface area contributed by atoms with Crippen molar-refractivity contribution in [1.82, 2.24) is 4.57 Å². The summed E-state index contributed by atoms with van der Waals surface area (Å²) in [5, 5.41) is 3.49. The Labute approximate surface area is 132 Å². The van der Waals surface area contributed by atoms with Gasteiger partial charge in [-0.2, -0.15) is 0 Å². The van der Waals surface area contributed by atoms with E-state index < -0.39 is 0 Å². The first-order valence-corrected chi connectivity index (χ1v) is 7.53. The fourth-order valence-electron chi connectivity index (χ4n) is 2.14. The van der Waals surface area contributed by atoms with E-state index in [0.717, 1.165) is 21.3 Å². The average Bonchev–Trinajstić information content (AvgIpc) is 2.77. The molecule has 0 radical (unpaired) electrons. The normalized spacial score (nSPS) is 10.7. The van der Waals surface area contributed by atoms with Gasteiger partial charge in [0.15, 0.2) is 0 Å². The maximum absolute atomic E-state index is 12.3. The molecule has 1 N–H and O–H groups in total. The van der Waals surface area contributed by atoms with E-state index in [1.54, 1.807) is 12.3 Å². The van der Waals surface area contributed by atoms with Crippen LogP contribution in [0.15, 0.2) is 28.9 Å². The van der Waals surface area contributed by atoms with Gasteiger partial charge < -0.3 is 9.88 Å². The zero-order chi connectivity index (χ0) is 14.9. The van der Waals surface area contributed by atoms with E-state index in [1.165, 1.54) is 0 Å². The van der Waals surface area contributed by atoms with Crippen molar-refractivity contribution in [3.05, 3.63) is 50.7 Å². The topological polar surface area (TPSA) is 34.0 Å². The van der Waals surface area contributed by atoms with E-state index in [1.807, 2.05) is 37.5 Å². The van der Waals surface area contributed by atoms with Gasteiger partial charge in [0.1, 0.15) is 5.69 Å². The smallest absolute Gasteiger partial charge is 0.272 e. The number of hydrogen-bond donors (Lipinski definition) is 1. The number of amides is 1. The van der Waals surface area contributed by atoms with Crippen molar-refractivity contribution < 1.29 is 4.79 Å². The summed E-state index contributed by atoms with van der Waals surface area (Å²) in [6.45, 7) is 6.67. The van der Waals surface area contributed by atoms with Gasteiger partial charge in [-0.15, -0.1) is 0 Å². The number of nitrogens with one attached hydrogen (secondary N) is 1. The van der Waals surface area contributed by atoms with Crippen LogP contribution >= 0.6 is 27.5 Å². The Balaban J connectivity index is 2.28. The highest BCUT2D eigenvalue weighted by Crippen LogP contribution is 2.25. The van der Waals surface area contributed by atoms with Crippen molar-refractivity contribution in [2.45, 2.75) is 27.3 Å². The molecule has 2 rings (SSSR count). The summed E-state index contributed by atoms with van der Waals surface area (Å²) in [4.78, 5) is 12.3. The van der Waals surface area contributed by atoms with Crippen molar-refractivity contribution in [3.8, 4) is 0 Å². The Morgan fingerprint density at radius 2 is 1.90 bits per heavy atom. The van der Waals surface area contributed by atoms with Gasteiger partial charge >= 0.3 is 0 Å². The molecule has 0 fully saturated rings. The lowest BCUT2D eigenvalue weighted by Gasteiger charge is -2.11. The molecule has 0 saturated heterocycles. The number of rotatable bonds is 3. The molecule has 1 aromatic carbocycles. The van der Waals surface area contributed by atoms with Gasteiger partial charge in [0.2, 0.25) is 0 Å². The Hall–Kier alpha value is -1.26. The van der Waals surface area contributed by atoms with Crippen LogP contribution in [0.25, 0.3) is 0 Å². The van der Waals surface area contributed by atoms with E-state index in [0.29, 0.717) is 17.3 Å². The first-order valence-electron chi connectivity index (χ1n) is 6.36. The third-order valence-electron chi connectivity index (χ3n) is 3.13. The summed E-state index contributed by atoms with van der Waals surface area (Å²) in [5.41, 5.74) is 3.53. The maximum Gasteiger partial charge on any atom is 0.272 e. The Kier molecular flexibility index (Phi) is 4.55. The van der Waals surface area contributed by atoms with Crippen LogP contribution in [0.1, 0.15) is 28.5 Å². The van der Waals surface area contributed by atoms with Crippen LogP contribution in [0.5, 0.6) is 0 Å². The maximum atomic E-state index is 12.3. The predicted molar refractivity (Wildman–Crippen MR) is 86.7 cm³/mol. The second kappa shape index (κ2) is 6.02. The molecule has 0 bridgehead atoms. The summed E-state index contributed by atoms with van der Waals surface area (Å²) in [7, 11) is 0. The first-order chi connectivity index (χ1) is 9.42. The number of aryl methyl sites for hydroxylation is 3. The quantitative estimate of drug-likeness (QED) is 0.843. The third kappa shape index (κ3) is 3.07. The Bertz CT molecular complexity index is 641. The van der Waals surface area contributed by atoms with Gasteiger partial charge in [0.05, 0.1) is 5.02 Å². The molecule has 3 nitrogen and oxygen atoms in total. The van der Waals surface area contributed by atoms with E-state index in [4.69, 9.17) is 11.6 Å². The molecular weight excluding hydrogens is 340 g/mol. The monoisotopic (exact) mass is 354 g/mol. The second-order valence-corrected chi connectivity index (χ2v) is 5.94. The molecule has 0 aliphatic carbocycles. The van der Waals surface area contributed by atoms with Crippen LogP contribution in [0, 0.1) is 13.8 Å². The minimum absolute atomic E-state index is 0.153. The van der Waals surface area contributed by atoms with Crippen LogP contribution < -0.4 is 5.32 Å². The molecule has 106 valence electrons. The summed E-state index contributed by atoms with van der Waals surface area (Å²) >= 11 is 9.47. The lowest BCUT2D eigenvalue weighted by molar-refractivity contribution is 0.101. The number of anilines is 1. The molecule has 1 heterocycles. The number of nitrogens with zero attached hydrogens (tertiary/aromatic N) is 1. The van der Waals surface area contributed by atoms with E-state index >= 15 is 0 Å². The highest BCUT2D eigenvalue weighted by atomic mass is 79.9. The zero-order valence-corrected chi connectivity index (χ0v) is 14.0. The molecular formula is C15H16BrClN2O. The van der Waals surface area contributed by atoms with Gasteiger partial charge in [-0.1, -0.05) is 27.5 Å². The van der Waals surface area contributed by atoms with E-state index in [-0.39, 0.29) is 5.91 Å². The van der Waals surface area contributed by atoms with Gasteiger partial charge in [-0.05, 0) is 50.1 Å². The average molecular weight is 356 g/mol. The van der Waals surface area contributed by atoms with Crippen molar-refractivity contribution >= 4 is 39.1 Å². The molecule has 0 spiro atoms. The summed E-state index contributed by atoms with van der Waals surface area (Å²) in [5.74, 6) is -0.153. The second-order valence-electron chi connectivity index (χ2n) is 4.71. The number of halogens is 2. The lowest BCUT2D eigenvalue weighted by atomic mass is 10.1. The van der Waals surface area contributed by atoms with Gasteiger partial charge in [-0.3, -0.25) is 4.79 Å². The number of benzene rings is 1. The predicted octanol–water partition coefficient (Wildman–Crippen LogP) is 4.79. The zero-order valence-electron chi connectivity index (χ0n) is 11.6.